The van der Waals surface area contributed by atoms with Gasteiger partial charge in [-0.2, -0.15) is 13.2 Å². The van der Waals surface area contributed by atoms with Gasteiger partial charge in [0, 0.05) is 12.1 Å². The first-order chi connectivity index (χ1) is 7.34. The minimum atomic E-state index is -4.80. The van der Waals surface area contributed by atoms with Crippen LogP contribution in [0.3, 0.4) is 0 Å². The number of carbonyl (C=O) groups excluding carboxylic acids is 1. The molecule has 1 rings (SSSR count). The Kier molecular flexibility index (Phi) is 3.46. The van der Waals surface area contributed by atoms with Crippen molar-refractivity contribution in [1.29, 1.82) is 0 Å². The number of halogens is 4. The first-order valence-electron chi connectivity index (χ1n) is 4.26. The maximum Gasteiger partial charge on any atom is 0.433 e. The van der Waals surface area contributed by atoms with Crippen molar-refractivity contribution in [2.24, 2.45) is 0 Å². The fraction of sp³-hybridized carbons (Fsp3) is 0.333. The van der Waals surface area contributed by atoms with Crippen LogP contribution in [0.2, 0.25) is 0 Å². The Morgan fingerprint density at radius 1 is 1.44 bits per heavy atom. The van der Waals surface area contributed by atoms with Crippen LogP contribution in [0, 0.1) is 5.82 Å². The van der Waals surface area contributed by atoms with Crippen molar-refractivity contribution in [3.63, 3.8) is 0 Å². The molecule has 0 saturated carbocycles. The zero-order chi connectivity index (χ0) is 12.3. The zero-order valence-corrected chi connectivity index (χ0v) is 8.14. The van der Waals surface area contributed by atoms with E-state index in [2.05, 4.69) is 9.72 Å². The van der Waals surface area contributed by atoms with Crippen molar-refractivity contribution in [3.8, 4) is 0 Å². The molecule has 3 nitrogen and oxygen atoms in total. The first-order valence-corrected chi connectivity index (χ1v) is 4.26. The highest BCUT2D eigenvalue weighted by molar-refractivity contribution is 5.87. The lowest BCUT2D eigenvalue weighted by Crippen LogP contribution is -2.14. The first kappa shape index (κ1) is 12.4. The number of esters is 1. The van der Waals surface area contributed by atoms with Crippen molar-refractivity contribution >= 4 is 5.97 Å². The van der Waals surface area contributed by atoms with Gasteiger partial charge in [-0.3, -0.25) is 0 Å². The molecule has 1 aromatic rings. The molecule has 0 aliphatic heterocycles. The van der Waals surface area contributed by atoms with Gasteiger partial charge < -0.3 is 4.74 Å². The van der Waals surface area contributed by atoms with Crippen LogP contribution in [0.1, 0.15) is 23.1 Å². The summed E-state index contributed by atoms with van der Waals surface area (Å²) < 4.78 is 53.9. The molecule has 0 bridgehead atoms. The molecule has 0 spiro atoms. The molecule has 0 radical (unpaired) electrons. The Balaban J connectivity index is 3.13. The zero-order valence-electron chi connectivity index (χ0n) is 8.14. The average Bonchev–Trinajstić information content (AvgIpc) is 2.16. The van der Waals surface area contributed by atoms with Crippen LogP contribution < -0.4 is 0 Å². The van der Waals surface area contributed by atoms with Gasteiger partial charge in [-0.25, -0.2) is 14.2 Å². The molecule has 88 valence electrons. The smallest absolute Gasteiger partial charge is 0.433 e. The number of carbonyl (C=O) groups is 1. The van der Waals surface area contributed by atoms with Crippen LogP contribution in [0.15, 0.2) is 12.1 Å². The Labute approximate surface area is 88.0 Å². The maximum absolute atomic E-state index is 12.8. The molecule has 0 aliphatic carbocycles. The summed E-state index contributed by atoms with van der Waals surface area (Å²) in [6.45, 7) is 1.44. The largest absolute Gasteiger partial charge is 0.461 e. The number of hydrogen-bond acceptors (Lipinski definition) is 3. The van der Waals surface area contributed by atoms with Crippen molar-refractivity contribution < 1.29 is 27.1 Å². The summed E-state index contributed by atoms with van der Waals surface area (Å²) >= 11 is 0. The molecular weight excluding hydrogens is 230 g/mol. The molecule has 0 fully saturated rings. The number of aromatic nitrogens is 1. The van der Waals surface area contributed by atoms with Gasteiger partial charge >= 0.3 is 12.1 Å². The molecule has 16 heavy (non-hydrogen) atoms. The second-order valence-corrected chi connectivity index (χ2v) is 2.77. The van der Waals surface area contributed by atoms with Crippen LogP contribution >= 0.6 is 0 Å². The van der Waals surface area contributed by atoms with Gasteiger partial charge in [-0.15, -0.1) is 0 Å². The van der Waals surface area contributed by atoms with Crippen molar-refractivity contribution in [3.05, 3.63) is 29.3 Å². The van der Waals surface area contributed by atoms with E-state index in [1.807, 2.05) is 0 Å². The van der Waals surface area contributed by atoms with Gasteiger partial charge in [0.1, 0.15) is 11.5 Å². The minimum absolute atomic E-state index is 0.0294. The third kappa shape index (κ3) is 2.91. The van der Waals surface area contributed by atoms with E-state index in [1.165, 1.54) is 6.92 Å². The number of rotatable bonds is 2. The van der Waals surface area contributed by atoms with Gasteiger partial charge in [-0.05, 0) is 6.92 Å². The lowest BCUT2D eigenvalue weighted by atomic mass is 10.3. The van der Waals surface area contributed by atoms with Gasteiger partial charge in [0.25, 0.3) is 0 Å². The SMILES string of the molecule is CCOC(=O)c1cc(F)cc(C(F)(F)F)n1. The van der Waals surface area contributed by atoms with Crippen LogP contribution in [-0.2, 0) is 10.9 Å². The van der Waals surface area contributed by atoms with Crippen LogP contribution in [-0.4, -0.2) is 17.6 Å². The molecule has 0 amide bonds. The summed E-state index contributed by atoms with van der Waals surface area (Å²) in [5.41, 5.74) is -2.16. The Bertz CT molecular complexity index is 403. The Hall–Kier alpha value is -1.66. The predicted octanol–water partition coefficient (Wildman–Crippen LogP) is 2.42. The summed E-state index contributed by atoms with van der Waals surface area (Å²) in [5.74, 6) is -2.28. The summed E-state index contributed by atoms with van der Waals surface area (Å²) in [6.07, 6.45) is -4.80. The molecule has 7 heteroatoms. The molecule has 1 heterocycles. The Morgan fingerprint density at radius 3 is 2.56 bits per heavy atom. The van der Waals surface area contributed by atoms with Gasteiger partial charge in [0.2, 0.25) is 0 Å². The van der Waals surface area contributed by atoms with Crippen LogP contribution in [0.25, 0.3) is 0 Å². The quantitative estimate of drug-likeness (QED) is 0.585. The van der Waals surface area contributed by atoms with E-state index in [-0.39, 0.29) is 12.7 Å². The summed E-state index contributed by atoms with van der Waals surface area (Å²) in [6, 6.07) is 0.802. The van der Waals surface area contributed by atoms with E-state index in [9.17, 15) is 22.4 Å². The van der Waals surface area contributed by atoms with Gasteiger partial charge in [-0.1, -0.05) is 0 Å². The number of ether oxygens (including phenoxy) is 1. The highest BCUT2D eigenvalue weighted by Crippen LogP contribution is 2.28. The highest BCUT2D eigenvalue weighted by atomic mass is 19.4. The second-order valence-electron chi connectivity index (χ2n) is 2.77. The van der Waals surface area contributed by atoms with E-state index in [0.29, 0.717) is 6.07 Å². The second kappa shape index (κ2) is 4.46. The Morgan fingerprint density at radius 2 is 2.06 bits per heavy atom. The fourth-order valence-corrected chi connectivity index (χ4v) is 0.952. The molecule has 0 saturated heterocycles. The van der Waals surface area contributed by atoms with Crippen LogP contribution in [0.4, 0.5) is 17.6 Å². The van der Waals surface area contributed by atoms with Crippen molar-refractivity contribution in [2.75, 3.05) is 6.61 Å². The van der Waals surface area contributed by atoms with Crippen molar-refractivity contribution in [2.45, 2.75) is 13.1 Å². The van der Waals surface area contributed by atoms with E-state index in [1.54, 1.807) is 0 Å². The maximum atomic E-state index is 12.8. The standard InChI is InChI=1S/C9H7F4NO2/c1-2-16-8(15)6-3-5(10)4-7(14-6)9(11,12)13/h3-4H,2H2,1H3. The molecular formula is C9H7F4NO2. The topological polar surface area (TPSA) is 39.2 Å². The fourth-order valence-electron chi connectivity index (χ4n) is 0.952. The summed E-state index contributed by atoms with van der Waals surface area (Å²) in [4.78, 5) is 14.0. The lowest BCUT2D eigenvalue weighted by Gasteiger charge is -2.07. The normalized spacial score (nSPS) is 11.3. The molecule has 0 aliphatic rings. The highest BCUT2D eigenvalue weighted by Gasteiger charge is 2.34. The number of pyridine rings is 1. The van der Waals surface area contributed by atoms with E-state index in [0.717, 1.165) is 0 Å². The molecule has 0 unspecified atom stereocenters. The molecule has 0 aromatic carbocycles. The van der Waals surface area contributed by atoms with Crippen molar-refractivity contribution in [1.82, 2.24) is 4.98 Å². The summed E-state index contributed by atoms with van der Waals surface area (Å²) in [7, 11) is 0. The minimum Gasteiger partial charge on any atom is -0.461 e. The number of nitrogens with zero attached hydrogens (tertiary/aromatic N) is 1. The molecule has 0 atom stereocenters. The summed E-state index contributed by atoms with van der Waals surface area (Å²) in [5, 5.41) is 0. The third-order valence-electron chi connectivity index (χ3n) is 1.57. The monoisotopic (exact) mass is 237 g/mol. The van der Waals surface area contributed by atoms with E-state index < -0.39 is 29.4 Å². The molecule has 0 N–H and O–H groups in total. The van der Waals surface area contributed by atoms with Crippen LogP contribution in [0.5, 0.6) is 0 Å². The lowest BCUT2D eigenvalue weighted by molar-refractivity contribution is -0.141. The third-order valence-corrected chi connectivity index (χ3v) is 1.57. The average molecular weight is 237 g/mol. The van der Waals surface area contributed by atoms with E-state index in [4.69, 9.17) is 0 Å². The van der Waals surface area contributed by atoms with E-state index >= 15 is 0 Å². The van der Waals surface area contributed by atoms with Gasteiger partial charge in [0.15, 0.2) is 5.69 Å². The number of hydrogen-bond donors (Lipinski definition) is 0. The van der Waals surface area contributed by atoms with Gasteiger partial charge in [0.05, 0.1) is 6.61 Å². The molecule has 1 aromatic heterocycles. The predicted molar refractivity (Wildman–Crippen MR) is 45.2 cm³/mol. The number of alkyl halides is 3.